The zero-order valence-corrected chi connectivity index (χ0v) is 6.62. The molecule has 0 saturated heterocycles. The second-order valence-electron chi connectivity index (χ2n) is 3.13. The third kappa shape index (κ3) is 0.838. The van der Waals surface area contributed by atoms with Crippen LogP contribution in [-0.4, -0.2) is 5.11 Å². The molecule has 0 fully saturated rings. The van der Waals surface area contributed by atoms with Crippen LogP contribution in [0, 0.1) is 11.3 Å². The molecule has 0 saturated carbocycles. The highest BCUT2D eigenvalue weighted by atomic mass is 16.3. The molecule has 2 nitrogen and oxygen atoms in total. The lowest BCUT2D eigenvalue weighted by Crippen LogP contribution is -2.18. The fourth-order valence-corrected chi connectivity index (χ4v) is 1.71. The largest absolute Gasteiger partial charge is 0.371 e. The summed E-state index contributed by atoms with van der Waals surface area (Å²) in [6.45, 7) is 0. The number of benzene rings is 1. The summed E-state index contributed by atoms with van der Waals surface area (Å²) in [7, 11) is 0. The fourth-order valence-electron chi connectivity index (χ4n) is 1.71. The van der Waals surface area contributed by atoms with E-state index < -0.39 is 5.60 Å². The summed E-state index contributed by atoms with van der Waals surface area (Å²) in [5.74, 6) is 0. The number of nitrogens with zero attached hydrogens (tertiary/aromatic N) is 1. The Balaban J connectivity index is 2.58. The van der Waals surface area contributed by atoms with E-state index in [1.54, 1.807) is 0 Å². The number of fused-ring (bicyclic) bond motifs is 1. The van der Waals surface area contributed by atoms with Crippen LogP contribution in [0.5, 0.6) is 0 Å². The van der Waals surface area contributed by atoms with E-state index in [1.165, 1.54) is 0 Å². The Morgan fingerprint density at radius 3 is 2.92 bits per heavy atom. The van der Waals surface area contributed by atoms with Gasteiger partial charge in [0.05, 0.1) is 0 Å². The van der Waals surface area contributed by atoms with Gasteiger partial charge in [-0.2, -0.15) is 5.26 Å². The summed E-state index contributed by atoms with van der Waals surface area (Å²) in [5, 5.41) is 18.6. The Labute approximate surface area is 71.1 Å². The van der Waals surface area contributed by atoms with Crippen molar-refractivity contribution < 1.29 is 5.11 Å². The van der Waals surface area contributed by atoms with Crippen LogP contribution in [0.3, 0.4) is 0 Å². The van der Waals surface area contributed by atoms with Gasteiger partial charge in [-0.05, 0) is 18.4 Å². The molecule has 1 aliphatic carbocycles. The molecule has 12 heavy (non-hydrogen) atoms. The molecule has 0 bridgehead atoms. The summed E-state index contributed by atoms with van der Waals surface area (Å²) < 4.78 is 0. The molecule has 1 aromatic rings. The van der Waals surface area contributed by atoms with E-state index in [2.05, 4.69) is 0 Å². The first-order valence-corrected chi connectivity index (χ1v) is 3.98. The van der Waals surface area contributed by atoms with E-state index in [0.29, 0.717) is 6.42 Å². The average Bonchev–Trinajstić information content (AvgIpc) is 2.46. The predicted molar refractivity (Wildman–Crippen MR) is 44.3 cm³/mol. The normalized spacial score (nSPS) is 26.3. The average molecular weight is 159 g/mol. The smallest absolute Gasteiger partial charge is 0.177 e. The SMILES string of the molecule is N#CC1(O)CCc2ccccc21. The minimum atomic E-state index is -1.23. The molecule has 0 spiro atoms. The fraction of sp³-hybridized carbons (Fsp3) is 0.300. The maximum atomic E-state index is 9.79. The summed E-state index contributed by atoms with van der Waals surface area (Å²) in [6, 6.07) is 9.53. The van der Waals surface area contributed by atoms with Gasteiger partial charge in [-0.15, -0.1) is 0 Å². The summed E-state index contributed by atoms with van der Waals surface area (Å²) in [4.78, 5) is 0. The van der Waals surface area contributed by atoms with Crippen molar-refractivity contribution in [2.24, 2.45) is 0 Å². The van der Waals surface area contributed by atoms with E-state index >= 15 is 0 Å². The Hall–Kier alpha value is -1.33. The van der Waals surface area contributed by atoms with Crippen molar-refractivity contribution in [1.82, 2.24) is 0 Å². The molecular formula is C10H9NO. The minimum absolute atomic E-state index is 0.531. The van der Waals surface area contributed by atoms with E-state index in [1.807, 2.05) is 30.3 Å². The molecule has 2 rings (SSSR count). The molecular weight excluding hydrogens is 150 g/mol. The number of aliphatic hydroxyl groups is 1. The Morgan fingerprint density at radius 1 is 1.42 bits per heavy atom. The second kappa shape index (κ2) is 2.33. The molecule has 2 heteroatoms. The number of hydrogen-bond acceptors (Lipinski definition) is 2. The molecule has 60 valence electrons. The Bertz CT molecular complexity index is 353. The van der Waals surface area contributed by atoms with Gasteiger partial charge in [-0.25, -0.2) is 0 Å². The first-order valence-electron chi connectivity index (χ1n) is 3.98. The van der Waals surface area contributed by atoms with Gasteiger partial charge in [0.15, 0.2) is 5.60 Å². The lowest BCUT2D eigenvalue weighted by molar-refractivity contribution is 0.1000. The van der Waals surface area contributed by atoms with Gasteiger partial charge in [0.25, 0.3) is 0 Å². The topological polar surface area (TPSA) is 44.0 Å². The standard InChI is InChI=1S/C10H9NO/c11-7-10(12)6-5-8-3-1-2-4-9(8)10/h1-4,12H,5-6H2. The van der Waals surface area contributed by atoms with Crippen molar-refractivity contribution in [3.05, 3.63) is 35.4 Å². The monoisotopic (exact) mass is 159 g/mol. The van der Waals surface area contributed by atoms with Crippen LogP contribution in [0.4, 0.5) is 0 Å². The molecule has 0 radical (unpaired) electrons. The maximum Gasteiger partial charge on any atom is 0.177 e. The van der Waals surface area contributed by atoms with Crippen LogP contribution in [0.1, 0.15) is 17.5 Å². The van der Waals surface area contributed by atoms with Gasteiger partial charge in [0.2, 0.25) is 0 Å². The van der Waals surface area contributed by atoms with Crippen LogP contribution in [0.2, 0.25) is 0 Å². The molecule has 1 unspecified atom stereocenters. The number of nitriles is 1. The van der Waals surface area contributed by atoms with Gasteiger partial charge in [0, 0.05) is 5.56 Å². The number of aryl methyl sites for hydroxylation is 1. The first kappa shape index (κ1) is 7.33. The molecule has 1 aliphatic rings. The molecule has 1 atom stereocenters. The lowest BCUT2D eigenvalue weighted by Gasteiger charge is -2.13. The molecule has 1 N–H and O–H groups in total. The van der Waals surface area contributed by atoms with Crippen LogP contribution in [0.25, 0.3) is 0 Å². The first-order chi connectivity index (χ1) is 5.76. The quantitative estimate of drug-likeness (QED) is 0.580. The van der Waals surface area contributed by atoms with E-state index in [9.17, 15) is 5.11 Å². The minimum Gasteiger partial charge on any atom is -0.371 e. The zero-order chi connectivity index (χ0) is 8.60. The van der Waals surface area contributed by atoms with Crippen molar-refractivity contribution in [3.8, 4) is 6.07 Å². The van der Waals surface area contributed by atoms with Crippen LogP contribution >= 0.6 is 0 Å². The second-order valence-corrected chi connectivity index (χ2v) is 3.13. The lowest BCUT2D eigenvalue weighted by atomic mass is 9.98. The highest BCUT2D eigenvalue weighted by Gasteiger charge is 2.36. The third-order valence-corrected chi connectivity index (χ3v) is 2.40. The van der Waals surface area contributed by atoms with Crippen LogP contribution < -0.4 is 0 Å². The van der Waals surface area contributed by atoms with Crippen LogP contribution in [0.15, 0.2) is 24.3 Å². The zero-order valence-electron chi connectivity index (χ0n) is 6.62. The van der Waals surface area contributed by atoms with Gasteiger partial charge in [0.1, 0.15) is 6.07 Å². The molecule has 0 amide bonds. The van der Waals surface area contributed by atoms with E-state index in [4.69, 9.17) is 5.26 Å². The van der Waals surface area contributed by atoms with Crippen molar-refractivity contribution in [1.29, 1.82) is 5.26 Å². The summed E-state index contributed by atoms with van der Waals surface area (Å²) in [6.07, 6.45) is 1.34. The Morgan fingerprint density at radius 2 is 2.17 bits per heavy atom. The summed E-state index contributed by atoms with van der Waals surface area (Å²) >= 11 is 0. The molecule has 0 heterocycles. The van der Waals surface area contributed by atoms with Crippen molar-refractivity contribution in [2.45, 2.75) is 18.4 Å². The predicted octanol–water partition coefficient (Wildman–Crippen LogP) is 1.34. The molecule has 0 aliphatic heterocycles. The third-order valence-electron chi connectivity index (χ3n) is 2.40. The molecule has 1 aromatic carbocycles. The van der Waals surface area contributed by atoms with Gasteiger partial charge in [-0.1, -0.05) is 24.3 Å². The van der Waals surface area contributed by atoms with E-state index in [-0.39, 0.29) is 0 Å². The summed E-state index contributed by atoms with van der Waals surface area (Å²) in [5.41, 5.74) is 0.658. The van der Waals surface area contributed by atoms with Crippen LogP contribution in [-0.2, 0) is 12.0 Å². The molecule has 0 aromatic heterocycles. The Kier molecular flexibility index (Phi) is 1.42. The van der Waals surface area contributed by atoms with Gasteiger partial charge in [-0.3, -0.25) is 0 Å². The van der Waals surface area contributed by atoms with Crippen molar-refractivity contribution in [3.63, 3.8) is 0 Å². The van der Waals surface area contributed by atoms with Crippen molar-refractivity contribution >= 4 is 0 Å². The van der Waals surface area contributed by atoms with Gasteiger partial charge < -0.3 is 5.11 Å². The van der Waals surface area contributed by atoms with Crippen molar-refractivity contribution in [2.75, 3.05) is 0 Å². The van der Waals surface area contributed by atoms with E-state index in [0.717, 1.165) is 17.5 Å². The number of hydrogen-bond donors (Lipinski definition) is 1. The highest BCUT2D eigenvalue weighted by molar-refractivity contribution is 5.40. The number of rotatable bonds is 0. The maximum absolute atomic E-state index is 9.79. The highest BCUT2D eigenvalue weighted by Crippen LogP contribution is 2.35. The van der Waals surface area contributed by atoms with Gasteiger partial charge >= 0.3 is 0 Å².